The number of carbonyl (C=O) groups is 1. The summed E-state index contributed by atoms with van der Waals surface area (Å²) in [6.07, 6.45) is 1.83. The van der Waals surface area contributed by atoms with Gasteiger partial charge in [-0.1, -0.05) is 23.5 Å². The van der Waals surface area contributed by atoms with Crippen LogP contribution >= 0.6 is 11.3 Å². The summed E-state index contributed by atoms with van der Waals surface area (Å²) in [6, 6.07) is 11.8. The Kier molecular flexibility index (Phi) is 5.09. The summed E-state index contributed by atoms with van der Waals surface area (Å²) in [6.45, 7) is 8.64. The fourth-order valence-corrected chi connectivity index (χ4v) is 4.24. The number of allylic oxidation sites excluding steroid dienone is 1. The van der Waals surface area contributed by atoms with Gasteiger partial charge in [-0.3, -0.25) is 4.79 Å². The Morgan fingerprint density at radius 3 is 2.54 bits per heavy atom. The predicted molar refractivity (Wildman–Crippen MR) is 110 cm³/mol. The SMILES string of the molecule is C=CCn1c(=NC(=O)c2ccc(N(C)C)cc2)sc2cc(C)cc(C)c21. The zero-order valence-electron chi connectivity index (χ0n) is 15.6. The second-order valence-electron chi connectivity index (χ2n) is 6.57. The summed E-state index contributed by atoms with van der Waals surface area (Å²) in [7, 11) is 3.95. The Morgan fingerprint density at radius 2 is 1.92 bits per heavy atom. The molecule has 0 bridgehead atoms. The first-order valence-corrected chi connectivity index (χ1v) is 9.30. The lowest BCUT2D eigenvalue weighted by Crippen LogP contribution is -2.16. The Labute approximate surface area is 157 Å². The van der Waals surface area contributed by atoms with Crippen molar-refractivity contribution in [2.24, 2.45) is 4.99 Å². The summed E-state index contributed by atoms with van der Waals surface area (Å²) in [5.41, 5.74) is 5.15. The van der Waals surface area contributed by atoms with Crippen LogP contribution in [0.4, 0.5) is 5.69 Å². The minimum absolute atomic E-state index is 0.228. The van der Waals surface area contributed by atoms with E-state index in [-0.39, 0.29) is 5.91 Å². The van der Waals surface area contributed by atoms with Gasteiger partial charge in [0.25, 0.3) is 5.91 Å². The third kappa shape index (κ3) is 3.48. The number of benzene rings is 2. The molecule has 0 unspecified atom stereocenters. The van der Waals surface area contributed by atoms with Crippen LogP contribution in [0.2, 0.25) is 0 Å². The van der Waals surface area contributed by atoms with Crippen molar-refractivity contribution in [2.45, 2.75) is 20.4 Å². The normalized spacial score (nSPS) is 11.8. The largest absolute Gasteiger partial charge is 0.378 e. The molecule has 0 saturated carbocycles. The number of aromatic nitrogens is 1. The number of hydrogen-bond acceptors (Lipinski definition) is 3. The highest BCUT2D eigenvalue weighted by molar-refractivity contribution is 7.16. The highest BCUT2D eigenvalue weighted by Gasteiger charge is 2.11. The number of rotatable bonds is 4. The van der Waals surface area contributed by atoms with E-state index in [1.807, 2.05) is 49.3 Å². The van der Waals surface area contributed by atoms with E-state index >= 15 is 0 Å². The zero-order valence-corrected chi connectivity index (χ0v) is 16.4. The number of nitrogens with zero attached hydrogens (tertiary/aromatic N) is 3. The maximum Gasteiger partial charge on any atom is 0.279 e. The molecule has 1 heterocycles. The van der Waals surface area contributed by atoms with Gasteiger partial charge in [-0.15, -0.1) is 6.58 Å². The van der Waals surface area contributed by atoms with Gasteiger partial charge in [-0.05, 0) is 55.3 Å². The monoisotopic (exact) mass is 365 g/mol. The average Bonchev–Trinajstić information content (AvgIpc) is 2.92. The van der Waals surface area contributed by atoms with Crippen LogP contribution in [-0.2, 0) is 6.54 Å². The van der Waals surface area contributed by atoms with E-state index in [0.29, 0.717) is 16.9 Å². The van der Waals surface area contributed by atoms with Crippen molar-refractivity contribution in [3.63, 3.8) is 0 Å². The molecule has 134 valence electrons. The number of aryl methyl sites for hydroxylation is 2. The molecule has 26 heavy (non-hydrogen) atoms. The smallest absolute Gasteiger partial charge is 0.279 e. The van der Waals surface area contributed by atoms with Crippen LogP contribution in [0.25, 0.3) is 10.2 Å². The van der Waals surface area contributed by atoms with E-state index in [1.54, 1.807) is 11.3 Å². The lowest BCUT2D eigenvalue weighted by atomic mass is 10.1. The highest BCUT2D eigenvalue weighted by atomic mass is 32.1. The second-order valence-corrected chi connectivity index (χ2v) is 7.58. The third-order valence-corrected chi connectivity index (χ3v) is 5.28. The van der Waals surface area contributed by atoms with Gasteiger partial charge in [0.2, 0.25) is 0 Å². The van der Waals surface area contributed by atoms with Crippen LogP contribution in [-0.4, -0.2) is 24.6 Å². The molecule has 0 spiro atoms. The molecule has 0 saturated heterocycles. The molecule has 1 aromatic heterocycles. The molecule has 0 aliphatic carbocycles. The van der Waals surface area contributed by atoms with Crippen molar-refractivity contribution in [3.8, 4) is 0 Å². The van der Waals surface area contributed by atoms with E-state index in [2.05, 4.69) is 42.1 Å². The van der Waals surface area contributed by atoms with Crippen molar-refractivity contribution >= 4 is 33.1 Å². The molecular weight excluding hydrogens is 342 g/mol. The van der Waals surface area contributed by atoms with Crippen molar-refractivity contribution in [1.82, 2.24) is 4.57 Å². The third-order valence-electron chi connectivity index (χ3n) is 4.25. The van der Waals surface area contributed by atoms with Crippen LogP contribution in [0.3, 0.4) is 0 Å². The molecular formula is C21H23N3OS. The standard InChI is InChI=1S/C21H23N3OS/c1-6-11-24-19-15(3)12-14(2)13-18(19)26-21(24)22-20(25)16-7-9-17(10-8-16)23(4)5/h6-10,12-13H,1,11H2,2-5H3. The van der Waals surface area contributed by atoms with Gasteiger partial charge in [0, 0.05) is 31.9 Å². The fraction of sp³-hybridized carbons (Fsp3) is 0.238. The van der Waals surface area contributed by atoms with Crippen LogP contribution in [0.5, 0.6) is 0 Å². The number of anilines is 1. The van der Waals surface area contributed by atoms with Crippen molar-refractivity contribution < 1.29 is 4.79 Å². The van der Waals surface area contributed by atoms with E-state index in [9.17, 15) is 4.79 Å². The van der Waals surface area contributed by atoms with E-state index < -0.39 is 0 Å². The minimum atomic E-state index is -0.228. The Morgan fingerprint density at radius 1 is 1.23 bits per heavy atom. The lowest BCUT2D eigenvalue weighted by molar-refractivity contribution is 0.0998. The van der Waals surface area contributed by atoms with Gasteiger partial charge in [0.1, 0.15) is 0 Å². The first kappa shape index (κ1) is 18.1. The minimum Gasteiger partial charge on any atom is -0.378 e. The first-order chi connectivity index (χ1) is 12.4. The summed E-state index contributed by atoms with van der Waals surface area (Å²) in [4.78, 5) is 19.8. The van der Waals surface area contributed by atoms with Gasteiger partial charge < -0.3 is 9.47 Å². The van der Waals surface area contributed by atoms with Crippen LogP contribution in [0.15, 0.2) is 54.0 Å². The maximum absolute atomic E-state index is 12.7. The molecule has 1 amide bonds. The van der Waals surface area contributed by atoms with Gasteiger partial charge in [-0.2, -0.15) is 4.99 Å². The number of hydrogen-bond donors (Lipinski definition) is 0. The summed E-state index contributed by atoms with van der Waals surface area (Å²) >= 11 is 1.54. The summed E-state index contributed by atoms with van der Waals surface area (Å²) < 4.78 is 3.20. The van der Waals surface area contributed by atoms with Gasteiger partial charge in [-0.25, -0.2) is 0 Å². The number of carbonyl (C=O) groups excluding carboxylic acids is 1. The lowest BCUT2D eigenvalue weighted by Gasteiger charge is -2.11. The van der Waals surface area contributed by atoms with Crippen molar-refractivity contribution in [3.05, 3.63) is 70.5 Å². The summed E-state index contributed by atoms with van der Waals surface area (Å²) in [5.74, 6) is -0.228. The highest BCUT2D eigenvalue weighted by Crippen LogP contribution is 2.23. The molecule has 0 aliphatic rings. The topological polar surface area (TPSA) is 37.6 Å². The number of thiazole rings is 1. The molecule has 3 rings (SSSR count). The van der Waals surface area contributed by atoms with Crippen LogP contribution in [0.1, 0.15) is 21.5 Å². The zero-order chi connectivity index (χ0) is 18.8. The molecule has 0 atom stereocenters. The molecule has 0 radical (unpaired) electrons. The predicted octanol–water partition coefficient (Wildman–Crippen LogP) is 4.31. The van der Waals surface area contributed by atoms with E-state index in [0.717, 1.165) is 15.9 Å². The van der Waals surface area contributed by atoms with Gasteiger partial charge >= 0.3 is 0 Å². The number of amides is 1. The van der Waals surface area contributed by atoms with E-state index in [4.69, 9.17) is 0 Å². The van der Waals surface area contributed by atoms with Gasteiger partial charge in [0.15, 0.2) is 4.80 Å². The van der Waals surface area contributed by atoms with Crippen molar-refractivity contribution in [2.75, 3.05) is 19.0 Å². The van der Waals surface area contributed by atoms with Crippen LogP contribution < -0.4 is 9.70 Å². The number of fused-ring (bicyclic) bond motifs is 1. The Hall–Kier alpha value is -2.66. The van der Waals surface area contributed by atoms with Crippen LogP contribution in [0, 0.1) is 13.8 Å². The second kappa shape index (κ2) is 7.30. The fourth-order valence-electron chi connectivity index (χ4n) is 3.03. The molecule has 0 aliphatic heterocycles. The quantitative estimate of drug-likeness (QED) is 0.646. The van der Waals surface area contributed by atoms with E-state index in [1.165, 1.54) is 11.1 Å². The molecule has 5 heteroatoms. The molecule has 3 aromatic rings. The summed E-state index contributed by atoms with van der Waals surface area (Å²) in [5, 5.41) is 0. The van der Waals surface area contributed by atoms with Gasteiger partial charge in [0.05, 0.1) is 10.2 Å². The van der Waals surface area contributed by atoms with Crippen molar-refractivity contribution in [1.29, 1.82) is 0 Å². The first-order valence-electron chi connectivity index (χ1n) is 8.48. The molecule has 0 N–H and O–H groups in total. The Bertz CT molecular complexity index is 1040. The molecule has 4 nitrogen and oxygen atoms in total. The maximum atomic E-state index is 12.7. The molecule has 2 aromatic carbocycles. The average molecular weight is 366 g/mol. The Balaban J connectivity index is 2.11. The molecule has 0 fully saturated rings.